The van der Waals surface area contributed by atoms with E-state index in [0.29, 0.717) is 0 Å². The van der Waals surface area contributed by atoms with Crippen molar-refractivity contribution in [2.75, 3.05) is 24.5 Å². The molecule has 0 N–H and O–H groups in total. The Labute approximate surface area is 429 Å². The molecule has 0 aliphatic carbocycles. The smallest absolute Gasteiger partial charge is 0.0602 e. The average Bonchev–Trinajstić information content (AvgIpc) is 3.45. The third-order valence-electron chi connectivity index (χ3n) is 13.9. The summed E-state index contributed by atoms with van der Waals surface area (Å²) in [5.41, 5.74) is 17.0. The Hall–Kier alpha value is -8.71. The molecule has 11 aromatic rings. The summed E-state index contributed by atoms with van der Waals surface area (Å²) in [6, 6.07) is 106. The maximum absolute atomic E-state index is 3.09. The van der Waals surface area contributed by atoms with E-state index in [9.17, 15) is 0 Å². The van der Waals surface area contributed by atoms with Crippen LogP contribution in [0.2, 0.25) is 0 Å². The molecule has 0 saturated carbocycles. The summed E-state index contributed by atoms with van der Waals surface area (Å²) in [5, 5.41) is 0. The van der Waals surface area contributed by atoms with Gasteiger partial charge in [-0.25, -0.2) is 0 Å². The molecule has 0 atom stereocenters. The fourth-order valence-corrected chi connectivity index (χ4v) is 21.2. The third-order valence-corrected chi connectivity index (χ3v) is 23.6. The van der Waals surface area contributed by atoms with Crippen molar-refractivity contribution in [3.63, 3.8) is 0 Å². The first-order valence-corrected chi connectivity index (χ1v) is 29.6. The van der Waals surface area contributed by atoms with Crippen LogP contribution in [0.3, 0.4) is 0 Å². The minimum Gasteiger partial charge on any atom is -0.0602 e. The molecule has 0 fully saturated rings. The Morgan fingerprint density at radius 3 is 0.792 bits per heavy atom. The van der Waals surface area contributed by atoms with Crippen LogP contribution in [0, 0.1) is 0 Å². The summed E-state index contributed by atoms with van der Waals surface area (Å²) in [5.74, 6) is 0. The van der Waals surface area contributed by atoms with Crippen LogP contribution >= 0.6 is 0 Å². The minimum atomic E-state index is -3.09. The van der Waals surface area contributed by atoms with Crippen LogP contribution in [-0.4, -0.2) is 21.4 Å². The van der Waals surface area contributed by atoms with Crippen molar-refractivity contribution in [3.05, 3.63) is 291 Å². The maximum atomic E-state index is 2.53. The summed E-state index contributed by atoms with van der Waals surface area (Å²) >= 11 is -3.09. The van der Waals surface area contributed by atoms with Gasteiger partial charge < -0.3 is 0 Å². The quantitative estimate of drug-likeness (QED) is 0.128. The molecule has 2 aliphatic heterocycles. The van der Waals surface area contributed by atoms with E-state index in [1.807, 2.05) is 0 Å². The topological polar surface area (TPSA) is 16.2 Å². The van der Waals surface area contributed by atoms with Crippen molar-refractivity contribution < 1.29 is 0 Å². The van der Waals surface area contributed by atoms with Gasteiger partial charge >= 0.3 is 360 Å². The van der Waals surface area contributed by atoms with E-state index in [0.717, 1.165) is 62.6 Å². The van der Waals surface area contributed by atoms with Gasteiger partial charge in [-0.2, -0.15) is 0 Å². The van der Waals surface area contributed by atoms with Gasteiger partial charge in [-0.05, 0) is 0 Å². The van der Waals surface area contributed by atoms with Crippen molar-refractivity contribution in [1.82, 2.24) is 0 Å². The zero-order chi connectivity index (χ0) is 47.8. The molecule has 72 heavy (non-hydrogen) atoms. The number of benzene rings is 11. The monoisotopic (exact) mass is 1030 g/mol. The fraction of sp³-hybridized carbons (Fsp3) is 0. The molecule has 13 rings (SSSR count). The number of nitrogens with zero attached hydrogens (tertiary/aromatic N) is 5. The molecule has 0 radical (unpaired) electrons. The number of fused-ring (bicyclic) bond motifs is 4. The summed E-state index contributed by atoms with van der Waals surface area (Å²) in [7, 11) is 0. The van der Waals surface area contributed by atoms with E-state index in [1.54, 1.807) is 0 Å². The average molecular weight is 1030 g/mol. The first-order chi connectivity index (χ1) is 35.8. The van der Waals surface area contributed by atoms with Crippen molar-refractivity contribution in [1.29, 1.82) is 0 Å². The van der Waals surface area contributed by atoms with Gasteiger partial charge in [0.25, 0.3) is 0 Å². The standard InChI is InChI=1S/C66H48N5.In/c1-9-25-52(26-10-1)67(53-27-11-2-12-28-53)60-41-45-62(46-42-60)71(63-47-43-61(44-48-63)68(54-29-13-3-14-30-54)55-31-15-4-16-32-55)66-50-64(69(56-33-17-5-18-34-56)57-35-19-6-20-36-57)49-65(51-66)70(58-37-21-7-22-38-58)59-39-23-8-24-40-59;/h1-35,37-39,41-48,50-51H;. The van der Waals surface area contributed by atoms with E-state index < -0.39 is 21.4 Å². The fourth-order valence-electron chi connectivity index (χ4n) is 10.9. The van der Waals surface area contributed by atoms with Crippen LogP contribution < -0.4 is 34.5 Å². The molecule has 340 valence electrons. The number of hydrogen-bond donors (Lipinski definition) is 0. The van der Waals surface area contributed by atoms with Gasteiger partial charge in [-0.1, -0.05) is 72.8 Å². The molecule has 11 aromatic carbocycles. The van der Waals surface area contributed by atoms with E-state index >= 15 is 0 Å². The Balaban J connectivity index is 1.05. The predicted molar refractivity (Wildman–Crippen MR) is 305 cm³/mol. The van der Waals surface area contributed by atoms with Crippen LogP contribution in [0.25, 0.3) is 0 Å². The second kappa shape index (κ2) is 18.9. The number of rotatable bonds is 11. The van der Waals surface area contributed by atoms with Crippen molar-refractivity contribution >= 4 is 117 Å². The predicted octanol–water partition coefficient (Wildman–Crippen LogP) is 16.2. The molecule has 0 bridgehead atoms. The first-order valence-electron chi connectivity index (χ1n) is 24.6. The normalized spacial score (nSPS) is 12.1. The molecular weight excluding hydrogens is 978 g/mol. The molecule has 6 heteroatoms. The summed E-state index contributed by atoms with van der Waals surface area (Å²) < 4.78 is 4.48. The van der Waals surface area contributed by atoms with E-state index in [-0.39, 0.29) is 0 Å². The number of hydrogen-bond acceptors (Lipinski definition) is 5. The van der Waals surface area contributed by atoms with Gasteiger partial charge in [0.2, 0.25) is 0 Å². The van der Waals surface area contributed by atoms with Crippen molar-refractivity contribution in [2.24, 2.45) is 0 Å². The van der Waals surface area contributed by atoms with Gasteiger partial charge in [0.05, 0.1) is 0 Å². The van der Waals surface area contributed by atoms with Crippen molar-refractivity contribution in [3.8, 4) is 0 Å². The molecule has 0 spiro atoms. The number of para-hydroxylation sites is 8. The second-order valence-corrected chi connectivity index (χ2v) is 25.8. The van der Waals surface area contributed by atoms with Gasteiger partial charge in [-0.15, -0.1) is 0 Å². The molecule has 0 amide bonds. The molecule has 0 aromatic heterocycles. The SMILES string of the molecule is c1ccc(N(c2ccccc2)c2ccc(N(c3ccc(N(c4ccccc4)c4ccccc4)cc3)c3cc4[c]5c(c3)N(c3ccccc3)c3cccc[c]3[In]5[c]3ccccc3N4c3ccccc3)cc2)cc1. The summed E-state index contributed by atoms with van der Waals surface area (Å²) in [6.07, 6.45) is 0. The first kappa shape index (κ1) is 43.3. The molecule has 2 heterocycles. The van der Waals surface area contributed by atoms with Crippen LogP contribution in [0.4, 0.5) is 85.3 Å². The van der Waals surface area contributed by atoms with E-state index in [1.165, 1.54) is 32.7 Å². The Morgan fingerprint density at radius 2 is 0.472 bits per heavy atom. The zero-order valence-electron chi connectivity index (χ0n) is 39.5. The Kier molecular flexibility index (Phi) is 11.4. The molecule has 0 saturated heterocycles. The van der Waals surface area contributed by atoms with Gasteiger partial charge in [0.15, 0.2) is 0 Å². The van der Waals surface area contributed by atoms with E-state index in [4.69, 9.17) is 0 Å². The summed E-state index contributed by atoms with van der Waals surface area (Å²) in [6.45, 7) is 0. The minimum absolute atomic E-state index is 1.05. The molecule has 0 unspecified atom stereocenters. The van der Waals surface area contributed by atoms with Crippen molar-refractivity contribution in [2.45, 2.75) is 0 Å². The van der Waals surface area contributed by atoms with Crippen LogP contribution in [-0.2, 0) is 0 Å². The van der Waals surface area contributed by atoms with Crippen LogP contribution in [0.5, 0.6) is 0 Å². The van der Waals surface area contributed by atoms with Crippen LogP contribution in [0.1, 0.15) is 0 Å². The Morgan fingerprint density at radius 1 is 0.222 bits per heavy atom. The van der Waals surface area contributed by atoms with Crippen LogP contribution in [0.15, 0.2) is 291 Å². The van der Waals surface area contributed by atoms with Gasteiger partial charge in [0, 0.05) is 0 Å². The third kappa shape index (κ3) is 7.77. The second-order valence-electron chi connectivity index (χ2n) is 18.2. The summed E-state index contributed by atoms with van der Waals surface area (Å²) in [4.78, 5) is 12.2. The molecular formula is C66H48InN5. The molecule has 2 aliphatic rings. The van der Waals surface area contributed by atoms with Gasteiger partial charge in [-0.3, -0.25) is 0 Å². The Bertz CT molecular complexity index is 3320. The zero-order valence-corrected chi connectivity index (χ0v) is 42.8. The van der Waals surface area contributed by atoms with Gasteiger partial charge in [0.1, 0.15) is 0 Å². The molecule has 5 nitrogen and oxygen atoms in total. The number of anilines is 15. The van der Waals surface area contributed by atoms with E-state index in [2.05, 4.69) is 316 Å².